The van der Waals surface area contributed by atoms with E-state index in [9.17, 15) is 15.0 Å². The molecule has 4 rings (SSSR count). The van der Waals surface area contributed by atoms with Crippen LogP contribution >= 0.6 is 9.39 Å². The number of nitrogens with zero attached hydrogens (tertiary/aromatic N) is 4. The largest absolute Gasteiger partial charge is 0.479 e. The summed E-state index contributed by atoms with van der Waals surface area (Å²) in [5.41, 5.74) is 6.88. The Morgan fingerprint density at radius 1 is 1.32 bits per heavy atom. The first kappa shape index (κ1) is 21.1. The van der Waals surface area contributed by atoms with Gasteiger partial charge in [0.2, 0.25) is 0 Å². The molecule has 0 bridgehead atoms. The van der Waals surface area contributed by atoms with Gasteiger partial charge in [-0.05, 0) is 48.1 Å². The zero-order chi connectivity index (χ0) is 20.3. The Morgan fingerprint density at radius 2 is 1.96 bits per heavy atom. The maximum Gasteiger partial charge on any atom is 0.340 e. The Bertz CT molecular complexity index is 730. The molecule has 0 amide bonds. The molecule has 1 aromatic carbocycles. The molecule has 4 unspecified atom stereocenters. The summed E-state index contributed by atoms with van der Waals surface area (Å²) >= 11 is 0. The average Bonchev–Trinajstić information content (AvgIpc) is 3.03. The molecule has 28 heavy (non-hydrogen) atoms. The maximum atomic E-state index is 11.5. The molecule has 7 nitrogen and oxygen atoms in total. The van der Waals surface area contributed by atoms with Crippen molar-refractivity contribution in [3.63, 3.8) is 0 Å². The fourth-order valence-corrected chi connectivity index (χ4v) is 5.52. The number of hydrogen-bond acceptors (Lipinski definition) is 4. The van der Waals surface area contributed by atoms with Gasteiger partial charge in [0.1, 0.15) is 0 Å². The molecule has 1 heterocycles. The molecule has 2 saturated carbocycles. The van der Waals surface area contributed by atoms with Crippen LogP contribution in [0, 0.1) is 23.7 Å². The van der Waals surface area contributed by atoms with Gasteiger partial charge < -0.3 is 10.2 Å². The van der Waals surface area contributed by atoms with E-state index in [0.717, 1.165) is 17.8 Å². The molecule has 2 aliphatic carbocycles. The lowest BCUT2D eigenvalue weighted by atomic mass is 9.80. The van der Waals surface area contributed by atoms with Crippen LogP contribution < -0.4 is 0 Å². The molecule has 0 aromatic heterocycles. The summed E-state index contributed by atoms with van der Waals surface area (Å²) in [6, 6.07) is 8.14. The van der Waals surface area contributed by atoms with E-state index in [1.165, 1.54) is 19.5 Å². The number of carboxylic acid groups (broad SMARTS) is 1. The Morgan fingerprint density at radius 3 is 2.50 bits per heavy atom. The smallest absolute Gasteiger partial charge is 0.340 e. The highest BCUT2D eigenvalue weighted by atomic mass is 31.0. The highest BCUT2D eigenvalue weighted by molar-refractivity contribution is 7.13. The van der Waals surface area contributed by atoms with Gasteiger partial charge in [0.05, 0.1) is 0 Å². The van der Waals surface area contributed by atoms with Crippen molar-refractivity contribution in [2.45, 2.75) is 44.2 Å². The van der Waals surface area contributed by atoms with Crippen molar-refractivity contribution in [3.8, 4) is 0 Å². The van der Waals surface area contributed by atoms with Crippen molar-refractivity contribution in [1.82, 2.24) is 4.67 Å². The Hall–Kier alpha value is -1.65. The molecule has 1 aromatic rings. The fraction of sp³-hybridized carbons (Fsp3) is 0.650. The zero-order valence-electron chi connectivity index (χ0n) is 16.2. The fourth-order valence-electron chi connectivity index (χ4n) is 5.03. The Kier molecular flexibility index (Phi) is 6.61. The third-order valence-electron chi connectivity index (χ3n) is 6.62. The van der Waals surface area contributed by atoms with Crippen molar-refractivity contribution in [1.29, 1.82) is 0 Å². The first-order valence-electron chi connectivity index (χ1n) is 9.96. The molecule has 3 aliphatic rings. The standard InChI is InChI=1S/C13H15N3O3.C7H14NP/c14-16-15-11-7-6-10(8-11)13(19,12(17)18)9-4-2-1-3-5-9;1-2-5-6-3-8(9)4-7(5)6/h1-5,10-11,19H,6-8H2,(H,17,18);5-7H,2-4,9H2,1H3/t10?,11?,13-;5?,6-,7+/m0./s1. The molecular weight excluding hydrogens is 375 g/mol. The van der Waals surface area contributed by atoms with E-state index in [1.807, 2.05) is 0 Å². The number of piperidine rings is 1. The van der Waals surface area contributed by atoms with Gasteiger partial charge in [-0.25, -0.2) is 4.79 Å². The predicted molar refractivity (Wildman–Crippen MR) is 110 cm³/mol. The van der Waals surface area contributed by atoms with Gasteiger partial charge in [-0.15, -0.1) is 0 Å². The number of carbonyl (C=O) groups is 1. The lowest BCUT2D eigenvalue weighted by Gasteiger charge is -2.30. The second-order valence-corrected chi connectivity index (χ2v) is 8.89. The summed E-state index contributed by atoms with van der Waals surface area (Å²) in [5, 5.41) is 23.6. The minimum Gasteiger partial charge on any atom is -0.479 e. The molecule has 152 valence electrons. The third-order valence-corrected chi connectivity index (χ3v) is 7.04. The number of benzene rings is 1. The number of fused-ring (bicyclic) bond motifs is 1. The third kappa shape index (κ3) is 4.18. The Balaban J connectivity index is 0.000000206. The summed E-state index contributed by atoms with van der Waals surface area (Å²) in [7, 11) is 2.80. The SMILES string of the molecule is CCC1[C@H]2CN(P)C[C@@H]12.[N-]=[N+]=NC1CCC([C@](O)(C(=O)O)c2ccccc2)C1. The van der Waals surface area contributed by atoms with Gasteiger partial charge in [-0.2, -0.15) is 0 Å². The summed E-state index contributed by atoms with van der Waals surface area (Å²) < 4.78 is 2.38. The Labute approximate surface area is 168 Å². The van der Waals surface area contributed by atoms with E-state index >= 15 is 0 Å². The van der Waals surface area contributed by atoms with Crippen molar-refractivity contribution in [2.24, 2.45) is 28.8 Å². The highest BCUT2D eigenvalue weighted by Crippen LogP contribution is 2.54. The minimum absolute atomic E-state index is 0.232. The van der Waals surface area contributed by atoms with Crippen molar-refractivity contribution < 1.29 is 15.0 Å². The molecular formula is C20H29N4O3P. The van der Waals surface area contributed by atoms with E-state index in [2.05, 4.69) is 31.0 Å². The van der Waals surface area contributed by atoms with E-state index in [0.29, 0.717) is 24.8 Å². The number of hydrogen-bond donors (Lipinski definition) is 2. The molecule has 0 spiro atoms. The van der Waals surface area contributed by atoms with Crippen LogP contribution in [0.2, 0.25) is 0 Å². The van der Waals surface area contributed by atoms with E-state index < -0.39 is 17.5 Å². The maximum absolute atomic E-state index is 11.5. The lowest BCUT2D eigenvalue weighted by molar-refractivity contribution is -0.166. The zero-order valence-corrected chi connectivity index (χ0v) is 17.3. The van der Waals surface area contributed by atoms with Crippen LogP contribution in [0.5, 0.6) is 0 Å². The molecule has 0 radical (unpaired) electrons. The highest BCUT2D eigenvalue weighted by Gasteiger charge is 2.53. The quantitative estimate of drug-likeness (QED) is 0.337. The van der Waals surface area contributed by atoms with Crippen LogP contribution in [0.1, 0.15) is 38.2 Å². The van der Waals surface area contributed by atoms with Crippen molar-refractivity contribution >= 4 is 15.4 Å². The van der Waals surface area contributed by atoms with Crippen LogP contribution in [-0.4, -0.2) is 40.0 Å². The van der Waals surface area contributed by atoms with Gasteiger partial charge in [-0.3, -0.25) is 4.67 Å². The normalized spacial score (nSPS) is 33.0. The second kappa shape index (κ2) is 8.79. The molecule has 1 aliphatic heterocycles. The lowest BCUT2D eigenvalue weighted by Crippen LogP contribution is -2.42. The first-order valence-corrected chi connectivity index (χ1v) is 10.5. The van der Waals surface area contributed by atoms with Crippen LogP contribution in [-0.2, 0) is 10.4 Å². The van der Waals surface area contributed by atoms with Gasteiger partial charge in [0.15, 0.2) is 5.60 Å². The van der Waals surface area contributed by atoms with E-state index in [-0.39, 0.29) is 6.04 Å². The van der Waals surface area contributed by atoms with Crippen LogP contribution in [0.25, 0.3) is 10.4 Å². The predicted octanol–water partition coefficient (Wildman–Crippen LogP) is 3.80. The van der Waals surface area contributed by atoms with Gasteiger partial charge in [-0.1, -0.05) is 58.2 Å². The molecule has 1 saturated heterocycles. The number of aliphatic carboxylic acids is 1. The van der Waals surface area contributed by atoms with Crippen LogP contribution in [0.3, 0.4) is 0 Å². The van der Waals surface area contributed by atoms with Gasteiger partial charge in [0.25, 0.3) is 0 Å². The topological polar surface area (TPSA) is 110 Å². The number of carboxylic acids is 1. The van der Waals surface area contributed by atoms with Crippen LogP contribution in [0.4, 0.5) is 0 Å². The summed E-state index contributed by atoms with van der Waals surface area (Å²) in [6.45, 7) is 5.00. The number of aliphatic hydroxyl groups is 1. The molecule has 8 heteroatoms. The number of azide groups is 1. The minimum atomic E-state index is -1.92. The van der Waals surface area contributed by atoms with Crippen molar-refractivity contribution in [2.75, 3.05) is 13.1 Å². The number of rotatable bonds is 5. The monoisotopic (exact) mass is 404 g/mol. The molecule has 2 N–H and O–H groups in total. The molecule has 3 fully saturated rings. The summed E-state index contributed by atoms with van der Waals surface area (Å²) in [5.74, 6) is 1.55. The summed E-state index contributed by atoms with van der Waals surface area (Å²) in [4.78, 5) is 14.3. The first-order chi connectivity index (χ1) is 13.4. The summed E-state index contributed by atoms with van der Waals surface area (Å²) in [6.07, 6.45) is 2.94. The van der Waals surface area contributed by atoms with E-state index in [4.69, 9.17) is 5.53 Å². The van der Waals surface area contributed by atoms with Crippen molar-refractivity contribution in [3.05, 3.63) is 46.3 Å². The van der Waals surface area contributed by atoms with E-state index in [1.54, 1.807) is 30.3 Å². The second-order valence-electron chi connectivity index (χ2n) is 8.16. The average molecular weight is 404 g/mol. The van der Waals surface area contributed by atoms with Crippen LogP contribution in [0.15, 0.2) is 35.4 Å². The molecule has 7 atom stereocenters. The van der Waals surface area contributed by atoms with Gasteiger partial charge >= 0.3 is 5.97 Å². The van der Waals surface area contributed by atoms with Gasteiger partial charge in [0, 0.05) is 30.0 Å².